The molecule has 47 heavy (non-hydrogen) atoms. The highest BCUT2D eigenvalue weighted by atomic mass is 127. The Balaban J connectivity index is 0.000000136. The fourth-order valence-corrected chi connectivity index (χ4v) is 7.51. The molecular weight excluding hydrogens is 895 g/mol. The lowest BCUT2D eigenvalue weighted by atomic mass is 10.0. The van der Waals surface area contributed by atoms with Crippen LogP contribution in [0.25, 0.3) is 21.8 Å². The van der Waals surface area contributed by atoms with Crippen molar-refractivity contribution in [2.75, 3.05) is 0 Å². The van der Waals surface area contributed by atoms with Crippen LogP contribution in [0.3, 0.4) is 0 Å². The van der Waals surface area contributed by atoms with Gasteiger partial charge in [0.05, 0.1) is 43.0 Å². The van der Waals surface area contributed by atoms with Crippen molar-refractivity contribution in [2.24, 2.45) is 0 Å². The van der Waals surface area contributed by atoms with Crippen molar-refractivity contribution in [1.82, 2.24) is 20.0 Å². The molecule has 2 aromatic heterocycles. The van der Waals surface area contributed by atoms with E-state index in [1.807, 2.05) is 69.4 Å². The summed E-state index contributed by atoms with van der Waals surface area (Å²) in [6, 6.07) is 20.5. The summed E-state index contributed by atoms with van der Waals surface area (Å²) in [5.74, 6) is -0.0362. The number of benzene rings is 4. The number of carbonyl (C=O) groups is 2. The van der Waals surface area contributed by atoms with Gasteiger partial charge in [0.15, 0.2) is 0 Å². The van der Waals surface area contributed by atoms with Gasteiger partial charge in [-0.25, -0.2) is 8.78 Å². The molecule has 0 spiro atoms. The molecule has 0 atom stereocenters. The summed E-state index contributed by atoms with van der Waals surface area (Å²) in [6.07, 6.45) is 4.40. The van der Waals surface area contributed by atoms with Crippen LogP contribution < -0.4 is 0 Å². The van der Waals surface area contributed by atoms with Crippen LogP contribution in [0.5, 0.6) is 0 Å². The zero-order chi connectivity index (χ0) is 33.4. The van der Waals surface area contributed by atoms with Crippen LogP contribution in [0.2, 0.25) is 10.0 Å². The van der Waals surface area contributed by atoms with Crippen LogP contribution in [-0.2, 0) is 0 Å². The predicted molar refractivity (Wildman–Crippen MR) is 198 cm³/mol. The fourth-order valence-electron chi connectivity index (χ4n) is 5.32. The first kappa shape index (κ1) is 34.2. The molecule has 2 saturated carbocycles. The smallest absolute Gasteiger partial charge is 0.276 e. The second-order valence-corrected chi connectivity index (χ2v) is 14.3. The molecule has 13 heteroatoms. The van der Waals surface area contributed by atoms with Gasteiger partial charge in [0, 0.05) is 0 Å². The molecule has 8 rings (SSSR count). The lowest BCUT2D eigenvalue weighted by Gasteiger charge is -2.10. The molecule has 0 saturated heterocycles. The van der Waals surface area contributed by atoms with Crippen molar-refractivity contribution in [3.05, 3.63) is 124 Å². The van der Waals surface area contributed by atoms with E-state index in [0.29, 0.717) is 58.5 Å². The quantitative estimate of drug-likeness (QED) is 0.141. The Hall–Kier alpha value is -2.65. The summed E-state index contributed by atoms with van der Waals surface area (Å²) >= 11 is 21.6. The highest BCUT2D eigenvalue weighted by Gasteiger charge is 2.31. The molecule has 240 valence electrons. The monoisotopic (exact) mass is 916 g/mol. The molecule has 6 nitrogen and oxygen atoms in total. The van der Waals surface area contributed by atoms with Gasteiger partial charge in [0.25, 0.3) is 11.1 Å². The minimum atomic E-state index is -0.451. The van der Waals surface area contributed by atoms with Crippen molar-refractivity contribution in [2.45, 2.75) is 37.5 Å². The number of nitrogens with one attached hydrogen (secondary N) is 1. The molecule has 2 aliphatic rings. The zero-order valence-corrected chi connectivity index (χ0v) is 30.8. The third-order valence-corrected chi connectivity index (χ3v) is 10.2. The normalized spacial score (nSPS) is 13.9. The van der Waals surface area contributed by atoms with Crippen molar-refractivity contribution >= 4 is 113 Å². The first-order chi connectivity index (χ1) is 22.6. The largest absolute Gasteiger partial charge is 0.280 e. The molecule has 0 bridgehead atoms. The van der Waals surface area contributed by atoms with Gasteiger partial charge in [-0.2, -0.15) is 14.9 Å². The SMILES string of the molecule is Fc1cccc2n[nH]c(I)c12.O=C(Cl)c1c(Cl)cccc1C1CC1.O=C(c1c(Cl)cccc1C1CC1)n1nc(I)c2c(F)cccc21. The van der Waals surface area contributed by atoms with E-state index in [9.17, 15) is 18.4 Å². The average molecular weight is 918 g/mol. The summed E-state index contributed by atoms with van der Waals surface area (Å²) in [6.45, 7) is 0. The maximum absolute atomic E-state index is 14.0. The molecule has 2 fully saturated rings. The number of nitrogens with zero attached hydrogens (tertiary/aromatic N) is 3. The lowest BCUT2D eigenvalue weighted by Crippen LogP contribution is -2.16. The predicted octanol–water partition coefficient (Wildman–Crippen LogP) is 10.9. The van der Waals surface area contributed by atoms with Crippen molar-refractivity contribution in [3.8, 4) is 0 Å². The van der Waals surface area contributed by atoms with E-state index in [1.165, 1.54) is 16.8 Å². The maximum atomic E-state index is 14.0. The first-order valence-corrected chi connectivity index (χ1v) is 17.8. The summed E-state index contributed by atoms with van der Waals surface area (Å²) in [7, 11) is 0. The van der Waals surface area contributed by atoms with E-state index >= 15 is 0 Å². The number of hydrogen-bond acceptors (Lipinski definition) is 4. The van der Waals surface area contributed by atoms with Gasteiger partial charge in [-0.1, -0.05) is 59.6 Å². The summed E-state index contributed by atoms with van der Waals surface area (Å²) in [5.41, 5.74) is 4.07. The number of halogens is 7. The van der Waals surface area contributed by atoms with E-state index in [1.54, 1.807) is 36.4 Å². The first-order valence-electron chi connectivity index (χ1n) is 14.5. The Kier molecular flexibility index (Phi) is 10.5. The summed E-state index contributed by atoms with van der Waals surface area (Å²) in [4.78, 5) is 24.1. The highest BCUT2D eigenvalue weighted by Crippen LogP contribution is 2.44. The van der Waals surface area contributed by atoms with Gasteiger partial charge in [0.1, 0.15) is 19.0 Å². The topological polar surface area (TPSA) is 80.6 Å². The maximum Gasteiger partial charge on any atom is 0.280 e. The molecule has 4 aromatic carbocycles. The molecule has 1 N–H and O–H groups in total. The van der Waals surface area contributed by atoms with E-state index < -0.39 is 5.24 Å². The number of aromatic nitrogens is 4. The minimum absolute atomic E-state index is 0.222. The van der Waals surface area contributed by atoms with E-state index in [0.717, 1.165) is 40.5 Å². The Morgan fingerprint density at radius 2 is 1.30 bits per heavy atom. The molecule has 0 unspecified atom stereocenters. The van der Waals surface area contributed by atoms with Crippen LogP contribution >= 0.6 is 80.0 Å². The zero-order valence-electron chi connectivity index (χ0n) is 24.2. The minimum Gasteiger partial charge on any atom is -0.276 e. The Labute approximate surface area is 310 Å². The average Bonchev–Trinajstić information content (AvgIpc) is 3.98. The molecule has 2 heterocycles. The number of carbonyl (C=O) groups excluding carboxylic acids is 2. The second-order valence-electron chi connectivity index (χ2n) is 11.0. The van der Waals surface area contributed by atoms with Crippen LogP contribution in [0.1, 0.15) is 69.4 Å². The van der Waals surface area contributed by atoms with Gasteiger partial charge in [-0.15, -0.1) is 0 Å². The summed E-state index contributed by atoms with van der Waals surface area (Å²) < 4.78 is 29.5. The number of rotatable bonds is 4. The third-order valence-electron chi connectivity index (χ3n) is 7.83. The Morgan fingerprint density at radius 3 is 1.87 bits per heavy atom. The van der Waals surface area contributed by atoms with Gasteiger partial charge < -0.3 is 0 Å². The fraction of sp³-hybridized carbons (Fsp3) is 0.176. The number of hydrogen-bond donors (Lipinski definition) is 1. The number of fused-ring (bicyclic) bond motifs is 2. The number of aromatic amines is 1. The summed E-state index contributed by atoms with van der Waals surface area (Å²) in [5, 5.41) is 12.2. The van der Waals surface area contributed by atoms with E-state index in [-0.39, 0.29) is 17.5 Å². The lowest BCUT2D eigenvalue weighted by molar-refractivity contribution is 0.0948. The van der Waals surface area contributed by atoms with Gasteiger partial charge in [-0.3, -0.25) is 14.7 Å². The van der Waals surface area contributed by atoms with Gasteiger partial charge in [0.2, 0.25) is 0 Å². The highest BCUT2D eigenvalue weighted by molar-refractivity contribution is 14.1. The Morgan fingerprint density at radius 1 is 0.766 bits per heavy atom. The second kappa shape index (κ2) is 14.5. The molecule has 2 aliphatic carbocycles. The van der Waals surface area contributed by atoms with Gasteiger partial charge >= 0.3 is 0 Å². The van der Waals surface area contributed by atoms with Gasteiger partial charge in [-0.05, 0) is 142 Å². The van der Waals surface area contributed by atoms with Crippen LogP contribution in [0, 0.1) is 19.0 Å². The standard InChI is InChI=1S/C17H11ClFIN2O.C10H8Cl2O.C7H4FIN2/c18-11-4-1-3-10(9-7-8-9)14(11)17(23)22-13-6-2-5-12(19)15(13)16(20)21-22;11-8-3-1-2-7(6-4-5-6)9(8)10(12)13;8-4-2-1-3-5-6(4)7(9)11-10-5/h1-6,9H,7-8H2;1-3,6H,4-5H2;1-3H,(H,10,11). The third kappa shape index (κ3) is 7.36. The van der Waals surface area contributed by atoms with E-state index in [4.69, 9.17) is 34.8 Å². The van der Waals surface area contributed by atoms with Crippen molar-refractivity contribution < 1.29 is 18.4 Å². The van der Waals surface area contributed by atoms with Crippen molar-refractivity contribution in [3.63, 3.8) is 0 Å². The van der Waals surface area contributed by atoms with Crippen molar-refractivity contribution in [1.29, 1.82) is 0 Å². The molecule has 0 radical (unpaired) electrons. The molecule has 0 amide bonds. The Bertz CT molecular complexity index is 2160. The van der Waals surface area contributed by atoms with E-state index in [2.05, 4.69) is 15.3 Å². The molecular formula is C34H23Cl3F2I2N4O2. The van der Waals surface area contributed by atoms with Crippen LogP contribution in [0.15, 0.2) is 72.8 Å². The van der Waals surface area contributed by atoms with Crippen LogP contribution in [0.4, 0.5) is 8.78 Å². The molecule has 6 aromatic rings. The number of H-pyrrole nitrogens is 1. The van der Waals surface area contributed by atoms with Crippen LogP contribution in [-0.4, -0.2) is 31.1 Å². The molecule has 0 aliphatic heterocycles.